The molecule has 1 saturated carbocycles. The number of aromatic nitrogens is 3. The minimum absolute atomic E-state index is 0.0857. The monoisotopic (exact) mass is 433 g/mol. The number of carbonyl (C=O) groups excluding carboxylic acids is 2. The van der Waals surface area contributed by atoms with Crippen molar-refractivity contribution in [3.63, 3.8) is 0 Å². The van der Waals surface area contributed by atoms with E-state index in [0.717, 1.165) is 35.9 Å². The van der Waals surface area contributed by atoms with Crippen LogP contribution in [0.2, 0.25) is 0 Å². The van der Waals surface area contributed by atoms with Gasteiger partial charge in [-0.1, -0.05) is 17.3 Å². The highest BCUT2D eigenvalue weighted by atomic mass is 19.4. The number of alkyl halides is 3. The molecule has 4 rings (SSSR count). The summed E-state index contributed by atoms with van der Waals surface area (Å²) in [6.45, 7) is 0. The number of hydrogen-bond acceptors (Lipinski definition) is 4. The Bertz CT molecular complexity index is 1150. The van der Waals surface area contributed by atoms with Gasteiger partial charge in [-0.2, -0.15) is 13.2 Å². The summed E-state index contributed by atoms with van der Waals surface area (Å²) in [4.78, 5) is 24.3. The number of nitrogens with zero attached hydrogens (tertiary/aromatic N) is 3. The SMILES string of the molecule is O=C(Nc1ccc(F)c(NC(=O)C2CC2)c1)c1cn(-c2ccccc2C(F)(F)F)nn1. The van der Waals surface area contributed by atoms with Crippen LogP contribution in [-0.2, 0) is 11.0 Å². The smallest absolute Gasteiger partial charge is 0.323 e. The molecule has 2 aromatic carbocycles. The lowest BCUT2D eigenvalue weighted by molar-refractivity contribution is -0.137. The molecular weight excluding hydrogens is 418 g/mol. The Hall–Kier alpha value is -3.76. The van der Waals surface area contributed by atoms with Gasteiger partial charge < -0.3 is 10.6 Å². The molecule has 160 valence electrons. The molecule has 0 bridgehead atoms. The van der Waals surface area contributed by atoms with Crippen molar-refractivity contribution in [1.29, 1.82) is 0 Å². The van der Waals surface area contributed by atoms with Crippen LogP contribution < -0.4 is 10.6 Å². The third kappa shape index (κ3) is 4.55. The van der Waals surface area contributed by atoms with E-state index in [9.17, 15) is 27.2 Å². The highest BCUT2D eigenvalue weighted by Gasteiger charge is 2.34. The van der Waals surface area contributed by atoms with Crippen LogP contribution in [0.15, 0.2) is 48.7 Å². The van der Waals surface area contributed by atoms with Crippen molar-refractivity contribution in [2.45, 2.75) is 19.0 Å². The van der Waals surface area contributed by atoms with Gasteiger partial charge in [0, 0.05) is 11.6 Å². The van der Waals surface area contributed by atoms with Gasteiger partial charge >= 0.3 is 6.18 Å². The number of carbonyl (C=O) groups is 2. The number of hydrogen-bond donors (Lipinski definition) is 2. The molecule has 11 heteroatoms. The van der Waals surface area contributed by atoms with E-state index in [1.807, 2.05) is 0 Å². The maximum atomic E-state index is 14.0. The molecule has 0 atom stereocenters. The number of rotatable bonds is 5. The van der Waals surface area contributed by atoms with Crippen molar-refractivity contribution < 1.29 is 27.2 Å². The van der Waals surface area contributed by atoms with E-state index in [0.29, 0.717) is 0 Å². The molecule has 7 nitrogen and oxygen atoms in total. The van der Waals surface area contributed by atoms with Crippen molar-refractivity contribution in [3.05, 3.63) is 65.7 Å². The van der Waals surface area contributed by atoms with Gasteiger partial charge in [0.15, 0.2) is 5.69 Å². The first-order valence-electron chi connectivity index (χ1n) is 9.23. The molecule has 0 aliphatic heterocycles. The van der Waals surface area contributed by atoms with E-state index in [4.69, 9.17) is 0 Å². The lowest BCUT2D eigenvalue weighted by atomic mass is 10.1. The normalized spacial score (nSPS) is 13.7. The van der Waals surface area contributed by atoms with E-state index >= 15 is 0 Å². The Balaban J connectivity index is 1.52. The van der Waals surface area contributed by atoms with Gasteiger partial charge in [0.1, 0.15) is 5.82 Å². The fourth-order valence-electron chi connectivity index (χ4n) is 2.87. The van der Waals surface area contributed by atoms with Crippen molar-refractivity contribution in [2.75, 3.05) is 10.6 Å². The van der Waals surface area contributed by atoms with Crippen molar-refractivity contribution in [2.24, 2.45) is 5.92 Å². The lowest BCUT2D eigenvalue weighted by Crippen LogP contribution is -2.16. The fraction of sp³-hybridized carbons (Fsp3) is 0.200. The zero-order chi connectivity index (χ0) is 22.2. The summed E-state index contributed by atoms with van der Waals surface area (Å²) in [6, 6.07) is 8.35. The van der Waals surface area contributed by atoms with Crippen LogP contribution in [0.5, 0.6) is 0 Å². The average Bonchev–Trinajstić information content (AvgIpc) is 3.46. The van der Waals surface area contributed by atoms with Crippen LogP contribution in [0.1, 0.15) is 28.9 Å². The summed E-state index contributed by atoms with van der Waals surface area (Å²) in [7, 11) is 0. The summed E-state index contributed by atoms with van der Waals surface area (Å²) in [5, 5.41) is 12.2. The van der Waals surface area contributed by atoms with Crippen LogP contribution in [0, 0.1) is 11.7 Å². The molecule has 2 amide bonds. The third-order valence-electron chi connectivity index (χ3n) is 4.61. The van der Waals surface area contributed by atoms with Gasteiger partial charge in [-0.25, -0.2) is 9.07 Å². The van der Waals surface area contributed by atoms with Gasteiger partial charge in [-0.15, -0.1) is 5.10 Å². The van der Waals surface area contributed by atoms with Gasteiger partial charge in [-0.3, -0.25) is 9.59 Å². The predicted octanol–water partition coefficient (Wildman–Crippen LogP) is 4.03. The summed E-state index contributed by atoms with van der Waals surface area (Å²) >= 11 is 0. The van der Waals surface area contributed by atoms with Crippen LogP contribution in [-0.4, -0.2) is 26.8 Å². The molecule has 1 aliphatic carbocycles. The summed E-state index contributed by atoms with van der Waals surface area (Å²) in [5.41, 5.74) is -1.38. The number of amides is 2. The Morgan fingerprint density at radius 2 is 1.81 bits per heavy atom. The van der Waals surface area contributed by atoms with Crippen LogP contribution in [0.25, 0.3) is 5.69 Å². The second-order valence-corrected chi connectivity index (χ2v) is 6.98. The van der Waals surface area contributed by atoms with Crippen molar-refractivity contribution in [1.82, 2.24) is 15.0 Å². The topological polar surface area (TPSA) is 88.9 Å². The minimum Gasteiger partial charge on any atom is -0.323 e. The summed E-state index contributed by atoms with van der Waals surface area (Å²) < 4.78 is 54.4. The van der Waals surface area contributed by atoms with Gasteiger partial charge in [-0.05, 0) is 43.2 Å². The maximum Gasteiger partial charge on any atom is 0.418 e. The second-order valence-electron chi connectivity index (χ2n) is 6.98. The van der Waals surface area contributed by atoms with E-state index < -0.39 is 23.5 Å². The molecule has 1 heterocycles. The van der Waals surface area contributed by atoms with E-state index in [-0.39, 0.29) is 34.6 Å². The van der Waals surface area contributed by atoms with Gasteiger partial charge in [0.2, 0.25) is 5.91 Å². The summed E-state index contributed by atoms with van der Waals surface area (Å²) in [6.07, 6.45) is -2.06. The quantitative estimate of drug-likeness (QED) is 0.595. The summed E-state index contributed by atoms with van der Waals surface area (Å²) in [5.74, 6) is -1.86. The first-order chi connectivity index (χ1) is 14.7. The van der Waals surface area contributed by atoms with Crippen molar-refractivity contribution >= 4 is 23.2 Å². The number of anilines is 2. The first kappa shape index (κ1) is 20.5. The molecule has 0 saturated heterocycles. The molecule has 0 unspecified atom stereocenters. The Morgan fingerprint density at radius 1 is 1.06 bits per heavy atom. The number of halogens is 4. The zero-order valence-corrected chi connectivity index (χ0v) is 15.8. The molecule has 31 heavy (non-hydrogen) atoms. The van der Waals surface area contributed by atoms with Crippen LogP contribution in [0.4, 0.5) is 28.9 Å². The molecule has 2 N–H and O–H groups in total. The van der Waals surface area contributed by atoms with Crippen LogP contribution in [0.3, 0.4) is 0 Å². The van der Waals surface area contributed by atoms with Crippen molar-refractivity contribution in [3.8, 4) is 5.69 Å². The number of nitrogens with one attached hydrogen (secondary N) is 2. The maximum absolute atomic E-state index is 14.0. The molecule has 1 aliphatic rings. The van der Waals surface area contributed by atoms with Crippen LogP contribution >= 0.6 is 0 Å². The highest BCUT2D eigenvalue weighted by Crippen LogP contribution is 2.33. The second kappa shape index (κ2) is 7.82. The van der Waals surface area contributed by atoms with E-state index in [1.165, 1.54) is 30.3 Å². The largest absolute Gasteiger partial charge is 0.418 e. The first-order valence-corrected chi connectivity index (χ1v) is 9.23. The van der Waals surface area contributed by atoms with Gasteiger partial charge in [0.05, 0.1) is 23.1 Å². The molecule has 1 fully saturated rings. The molecular formula is C20H15F4N5O2. The Morgan fingerprint density at radius 3 is 2.52 bits per heavy atom. The molecule has 0 spiro atoms. The number of para-hydroxylation sites is 1. The number of benzene rings is 2. The Kier molecular flexibility index (Phi) is 5.17. The van der Waals surface area contributed by atoms with E-state index in [2.05, 4.69) is 20.9 Å². The Labute approximate surface area is 173 Å². The lowest BCUT2D eigenvalue weighted by Gasteiger charge is -2.11. The predicted molar refractivity (Wildman–Crippen MR) is 102 cm³/mol. The molecule has 3 aromatic rings. The van der Waals surface area contributed by atoms with Gasteiger partial charge in [0.25, 0.3) is 5.91 Å². The molecule has 1 aromatic heterocycles. The minimum atomic E-state index is -4.61. The zero-order valence-electron chi connectivity index (χ0n) is 15.8. The fourth-order valence-corrected chi connectivity index (χ4v) is 2.87. The highest BCUT2D eigenvalue weighted by molar-refractivity contribution is 6.03. The average molecular weight is 433 g/mol. The standard InChI is InChI=1S/C20H15F4N5O2/c21-14-8-7-12(9-15(14)26-18(30)11-5-6-11)25-19(31)16-10-29(28-27-16)17-4-2-1-3-13(17)20(22,23)24/h1-4,7-11H,5-6H2,(H,25,31)(H,26,30). The molecule has 0 radical (unpaired) electrons. The van der Waals surface area contributed by atoms with E-state index in [1.54, 1.807) is 0 Å². The third-order valence-corrected chi connectivity index (χ3v) is 4.61.